The number of hydrogen-bond acceptors (Lipinski definition) is 5. The third kappa shape index (κ3) is 3.89. The number of aryl methyl sites for hydroxylation is 1. The minimum Gasteiger partial charge on any atom is -0.355 e. The zero-order chi connectivity index (χ0) is 19.6. The Hall–Kier alpha value is -2.64. The van der Waals surface area contributed by atoms with Gasteiger partial charge in [-0.1, -0.05) is 23.2 Å². The van der Waals surface area contributed by atoms with E-state index in [0.717, 1.165) is 0 Å². The number of carbonyl (C=O) groups is 2. The van der Waals surface area contributed by atoms with Crippen LogP contribution >= 0.6 is 23.2 Å². The van der Waals surface area contributed by atoms with Crippen molar-refractivity contribution < 1.29 is 9.59 Å². The minimum atomic E-state index is -0.690. The molecule has 7 nitrogen and oxygen atoms in total. The summed E-state index contributed by atoms with van der Waals surface area (Å²) in [4.78, 5) is 29.3. The third-order valence-corrected chi connectivity index (χ3v) is 4.55. The normalized spacial score (nSPS) is 15.7. The molecule has 1 atom stereocenters. The predicted octanol–water partition coefficient (Wildman–Crippen LogP) is 3.14. The van der Waals surface area contributed by atoms with E-state index in [1.54, 1.807) is 31.3 Å². The van der Waals surface area contributed by atoms with Gasteiger partial charge in [-0.3, -0.25) is 9.59 Å². The summed E-state index contributed by atoms with van der Waals surface area (Å²) in [6.45, 7) is 1.76. The molecule has 0 saturated heterocycles. The number of aromatic nitrogens is 1. The molecule has 27 heavy (non-hydrogen) atoms. The van der Waals surface area contributed by atoms with Crippen LogP contribution in [0, 0.1) is 6.92 Å². The van der Waals surface area contributed by atoms with E-state index in [0.29, 0.717) is 27.1 Å². The second-order valence-corrected chi connectivity index (χ2v) is 6.69. The number of hydrazone groups is 1. The highest BCUT2D eigenvalue weighted by molar-refractivity contribution is 6.33. The van der Waals surface area contributed by atoms with Crippen LogP contribution in [0.15, 0.2) is 35.6 Å². The van der Waals surface area contributed by atoms with Crippen LogP contribution in [0.5, 0.6) is 0 Å². The number of halogens is 2. The molecule has 1 aliphatic heterocycles. The number of pyridine rings is 1. The lowest BCUT2D eigenvalue weighted by Crippen LogP contribution is -2.39. The number of hydrogen-bond donors (Lipinski definition) is 2. The Morgan fingerprint density at radius 2 is 2.11 bits per heavy atom. The van der Waals surface area contributed by atoms with Gasteiger partial charge in [0.05, 0.1) is 22.5 Å². The molecular weight excluding hydrogens is 389 g/mol. The Bertz CT molecular complexity index is 932. The van der Waals surface area contributed by atoms with Crippen LogP contribution in [-0.4, -0.2) is 36.1 Å². The highest BCUT2D eigenvalue weighted by Crippen LogP contribution is 2.30. The molecule has 2 N–H and O–H groups in total. The smallest absolute Gasteiger partial charge is 0.253 e. The first-order valence-electron chi connectivity index (χ1n) is 8.08. The molecule has 9 heteroatoms. The largest absolute Gasteiger partial charge is 0.355 e. The summed E-state index contributed by atoms with van der Waals surface area (Å²) in [7, 11) is 1.51. The Balaban J connectivity index is 1.90. The van der Waals surface area contributed by atoms with Gasteiger partial charge in [-0.2, -0.15) is 5.10 Å². The summed E-state index contributed by atoms with van der Waals surface area (Å²) >= 11 is 12.2. The van der Waals surface area contributed by atoms with Gasteiger partial charge < -0.3 is 10.6 Å². The van der Waals surface area contributed by atoms with Gasteiger partial charge in [0.15, 0.2) is 5.82 Å². The minimum absolute atomic E-state index is 0.265. The van der Waals surface area contributed by atoms with Gasteiger partial charge >= 0.3 is 0 Å². The van der Waals surface area contributed by atoms with E-state index < -0.39 is 6.04 Å². The van der Waals surface area contributed by atoms with Crippen molar-refractivity contribution in [3.8, 4) is 0 Å². The number of nitrogens with one attached hydrogen (secondary N) is 2. The fraction of sp³-hybridized carbons (Fsp3) is 0.222. The van der Waals surface area contributed by atoms with Crippen LogP contribution in [0.3, 0.4) is 0 Å². The van der Waals surface area contributed by atoms with E-state index in [1.165, 1.54) is 18.1 Å². The number of benzene rings is 1. The van der Waals surface area contributed by atoms with E-state index in [-0.39, 0.29) is 23.8 Å². The molecular formula is C18H16Cl2N5O2. The number of nitrogens with zero attached hydrogens (tertiary/aromatic N) is 3. The zero-order valence-corrected chi connectivity index (χ0v) is 16.1. The van der Waals surface area contributed by atoms with E-state index in [4.69, 9.17) is 23.2 Å². The quantitative estimate of drug-likeness (QED) is 0.819. The van der Waals surface area contributed by atoms with Crippen molar-refractivity contribution in [2.75, 3.05) is 17.4 Å². The van der Waals surface area contributed by atoms with Crippen molar-refractivity contribution in [3.05, 3.63) is 51.6 Å². The molecule has 0 fully saturated rings. The number of anilines is 2. The van der Waals surface area contributed by atoms with Crippen LogP contribution in [0.1, 0.15) is 22.3 Å². The van der Waals surface area contributed by atoms with Crippen molar-refractivity contribution in [2.24, 2.45) is 5.10 Å². The molecule has 1 radical (unpaired) electrons. The average molecular weight is 405 g/mol. The first-order chi connectivity index (χ1) is 12.9. The Morgan fingerprint density at radius 1 is 1.33 bits per heavy atom. The molecule has 139 valence electrons. The first kappa shape index (κ1) is 19.1. The van der Waals surface area contributed by atoms with Gasteiger partial charge in [0, 0.05) is 24.7 Å². The number of carbonyl (C=O) groups excluding carboxylic acids is 2. The highest BCUT2D eigenvalue weighted by Gasteiger charge is 2.32. The first-order valence-corrected chi connectivity index (χ1v) is 8.84. The second-order valence-electron chi connectivity index (χ2n) is 5.85. The molecule has 0 aliphatic carbocycles. The van der Waals surface area contributed by atoms with Crippen molar-refractivity contribution in [2.45, 2.75) is 19.4 Å². The molecule has 3 rings (SSSR count). The van der Waals surface area contributed by atoms with Gasteiger partial charge in [0.1, 0.15) is 6.04 Å². The van der Waals surface area contributed by atoms with E-state index >= 15 is 0 Å². The molecule has 0 bridgehead atoms. The van der Waals surface area contributed by atoms with Crippen molar-refractivity contribution in [1.29, 1.82) is 0 Å². The van der Waals surface area contributed by atoms with Gasteiger partial charge in [0.25, 0.3) is 5.91 Å². The van der Waals surface area contributed by atoms with E-state index in [2.05, 4.69) is 26.9 Å². The molecule has 1 aliphatic rings. The van der Waals surface area contributed by atoms with Crippen LogP contribution in [0.25, 0.3) is 0 Å². The number of rotatable bonds is 4. The summed E-state index contributed by atoms with van der Waals surface area (Å²) in [5.74, 6) is -0.348. The van der Waals surface area contributed by atoms with E-state index in [1.807, 2.05) is 0 Å². The summed E-state index contributed by atoms with van der Waals surface area (Å²) in [6, 6.07) is 5.85. The maximum atomic E-state index is 12.9. The summed E-state index contributed by atoms with van der Waals surface area (Å²) in [5.41, 5.74) is 1.34. The second kappa shape index (κ2) is 7.94. The maximum Gasteiger partial charge on any atom is 0.253 e. The number of amides is 2. The predicted molar refractivity (Wildman–Crippen MR) is 106 cm³/mol. The van der Waals surface area contributed by atoms with Gasteiger partial charge in [-0.25, -0.2) is 9.99 Å². The summed E-state index contributed by atoms with van der Waals surface area (Å²) in [6.07, 6.45) is 4.61. The van der Waals surface area contributed by atoms with Crippen LogP contribution < -0.4 is 15.6 Å². The lowest BCUT2D eigenvalue weighted by atomic mass is 10.1. The monoisotopic (exact) mass is 404 g/mol. The van der Waals surface area contributed by atoms with Crippen molar-refractivity contribution in [3.63, 3.8) is 0 Å². The molecule has 2 amide bonds. The topological polar surface area (TPSA) is 86.7 Å². The molecule has 1 unspecified atom stereocenters. The SMILES string of the molecule is CNC(=O)c1cc(Cl)cc(C)c1NC(=O)C1C[C]=NN1c1ncccc1Cl. The third-order valence-electron chi connectivity index (χ3n) is 4.04. The summed E-state index contributed by atoms with van der Waals surface area (Å²) in [5, 5.41) is 11.6. The maximum absolute atomic E-state index is 12.9. The molecule has 0 saturated carbocycles. The van der Waals surface area contributed by atoms with Crippen LogP contribution in [-0.2, 0) is 4.79 Å². The Morgan fingerprint density at radius 3 is 2.81 bits per heavy atom. The molecule has 1 aromatic carbocycles. The van der Waals surface area contributed by atoms with Crippen LogP contribution in [0.4, 0.5) is 11.5 Å². The molecule has 2 heterocycles. The van der Waals surface area contributed by atoms with Gasteiger partial charge in [-0.05, 0) is 36.8 Å². The average Bonchev–Trinajstić information content (AvgIpc) is 3.13. The van der Waals surface area contributed by atoms with Gasteiger partial charge in [-0.15, -0.1) is 0 Å². The fourth-order valence-corrected chi connectivity index (χ4v) is 3.21. The summed E-state index contributed by atoms with van der Waals surface area (Å²) < 4.78 is 0. The molecule has 1 aromatic heterocycles. The van der Waals surface area contributed by atoms with Crippen molar-refractivity contribution >= 4 is 52.7 Å². The standard InChI is InChI=1S/C18H16Cl2N5O2/c1-10-8-11(19)9-12(17(26)21-2)15(10)24-18(27)14-5-7-23-25(14)16-13(20)4-3-6-22-16/h3-4,6,8-9,14H,5H2,1-2H3,(H,21,26)(H,24,27). The fourth-order valence-electron chi connectivity index (χ4n) is 2.73. The lowest BCUT2D eigenvalue weighted by molar-refractivity contribution is -0.117. The van der Waals surface area contributed by atoms with Crippen molar-refractivity contribution in [1.82, 2.24) is 10.3 Å². The lowest BCUT2D eigenvalue weighted by Gasteiger charge is -2.23. The Labute approximate surface area is 166 Å². The molecule has 2 aromatic rings. The Kier molecular flexibility index (Phi) is 5.62. The van der Waals surface area contributed by atoms with Gasteiger partial charge in [0.2, 0.25) is 5.91 Å². The highest BCUT2D eigenvalue weighted by atomic mass is 35.5. The molecule has 0 spiro atoms. The van der Waals surface area contributed by atoms with E-state index in [9.17, 15) is 9.59 Å². The zero-order valence-electron chi connectivity index (χ0n) is 14.6. The van der Waals surface area contributed by atoms with Crippen LogP contribution in [0.2, 0.25) is 10.0 Å².